The van der Waals surface area contributed by atoms with Crippen LogP contribution in [-0.4, -0.2) is 27.8 Å². The Hall–Kier alpha value is -3.10. The summed E-state index contributed by atoms with van der Waals surface area (Å²) in [5, 5.41) is 4.12. The van der Waals surface area contributed by atoms with Gasteiger partial charge < -0.3 is 10.1 Å². The molecule has 4 aromatic rings. The fourth-order valence-electron chi connectivity index (χ4n) is 4.23. The van der Waals surface area contributed by atoms with Crippen LogP contribution in [-0.2, 0) is 11.2 Å². The van der Waals surface area contributed by atoms with Crippen LogP contribution in [0.4, 0.5) is 5.69 Å². The number of carbonyl (C=O) groups is 1. The van der Waals surface area contributed by atoms with Crippen LogP contribution >= 0.6 is 23.1 Å². The van der Waals surface area contributed by atoms with Gasteiger partial charge in [0.25, 0.3) is 5.56 Å². The summed E-state index contributed by atoms with van der Waals surface area (Å²) in [5.41, 5.74) is 4.52. The van der Waals surface area contributed by atoms with E-state index in [1.807, 2.05) is 64.1 Å². The lowest BCUT2D eigenvalue weighted by atomic mass is 10.1. The number of fused-ring (bicyclic) bond motifs is 1. The lowest BCUT2D eigenvalue weighted by Crippen LogP contribution is -2.23. The number of nitrogens with zero attached hydrogens (tertiary/aromatic N) is 2. The summed E-state index contributed by atoms with van der Waals surface area (Å²) >= 11 is 2.84. The summed E-state index contributed by atoms with van der Waals surface area (Å²) in [6.07, 6.45) is 1.91. The molecule has 2 heterocycles. The molecule has 188 valence electrons. The van der Waals surface area contributed by atoms with E-state index in [9.17, 15) is 9.59 Å². The van der Waals surface area contributed by atoms with Crippen molar-refractivity contribution in [1.29, 1.82) is 0 Å². The van der Waals surface area contributed by atoms with Crippen molar-refractivity contribution in [1.82, 2.24) is 9.55 Å². The van der Waals surface area contributed by atoms with Gasteiger partial charge in [-0.25, -0.2) is 4.98 Å². The highest BCUT2D eigenvalue weighted by atomic mass is 32.2. The SMILES string of the molecule is CCCc1sc2nc(SCC(=O)Nc3cc(C)cc(C)c3)n(-c3ccc(OCC)cc3)c(=O)c2c1C. The van der Waals surface area contributed by atoms with Crippen molar-refractivity contribution < 1.29 is 9.53 Å². The summed E-state index contributed by atoms with van der Waals surface area (Å²) in [6.45, 7) is 10.6. The van der Waals surface area contributed by atoms with Crippen molar-refractivity contribution in [2.24, 2.45) is 0 Å². The number of nitrogens with one attached hydrogen (secondary N) is 1. The van der Waals surface area contributed by atoms with Gasteiger partial charge in [0, 0.05) is 10.6 Å². The van der Waals surface area contributed by atoms with Crippen LogP contribution in [0.25, 0.3) is 15.9 Å². The molecule has 0 aliphatic heterocycles. The fraction of sp³-hybridized carbons (Fsp3) is 0.321. The molecule has 0 fully saturated rings. The second-order valence-corrected chi connectivity index (χ2v) is 10.8. The van der Waals surface area contributed by atoms with E-state index in [1.54, 1.807) is 15.9 Å². The number of rotatable bonds is 9. The molecule has 36 heavy (non-hydrogen) atoms. The van der Waals surface area contributed by atoms with E-state index in [2.05, 4.69) is 18.3 Å². The summed E-state index contributed by atoms with van der Waals surface area (Å²) in [6, 6.07) is 13.4. The van der Waals surface area contributed by atoms with Gasteiger partial charge in [0.2, 0.25) is 5.91 Å². The largest absolute Gasteiger partial charge is 0.494 e. The summed E-state index contributed by atoms with van der Waals surface area (Å²) < 4.78 is 7.18. The van der Waals surface area contributed by atoms with E-state index in [0.29, 0.717) is 22.8 Å². The van der Waals surface area contributed by atoms with Gasteiger partial charge >= 0.3 is 0 Å². The molecule has 0 atom stereocenters. The average Bonchev–Trinajstić information content (AvgIpc) is 3.13. The second-order valence-electron chi connectivity index (χ2n) is 8.76. The van der Waals surface area contributed by atoms with Gasteiger partial charge in [-0.05, 0) is 87.2 Å². The molecule has 0 saturated carbocycles. The molecule has 4 rings (SSSR count). The summed E-state index contributed by atoms with van der Waals surface area (Å²) in [4.78, 5) is 33.4. The smallest absolute Gasteiger partial charge is 0.267 e. The monoisotopic (exact) mass is 521 g/mol. The first-order valence-electron chi connectivity index (χ1n) is 12.1. The van der Waals surface area contributed by atoms with Crippen LogP contribution < -0.4 is 15.6 Å². The Morgan fingerprint density at radius 2 is 1.78 bits per heavy atom. The zero-order chi connectivity index (χ0) is 25.8. The third-order valence-corrected chi connectivity index (χ3v) is 7.94. The third kappa shape index (κ3) is 5.65. The van der Waals surface area contributed by atoms with Crippen molar-refractivity contribution in [2.75, 3.05) is 17.7 Å². The zero-order valence-electron chi connectivity index (χ0n) is 21.3. The molecule has 0 bridgehead atoms. The van der Waals surface area contributed by atoms with E-state index in [0.717, 1.165) is 45.8 Å². The minimum absolute atomic E-state index is 0.113. The van der Waals surface area contributed by atoms with Gasteiger partial charge in [-0.15, -0.1) is 11.3 Å². The minimum Gasteiger partial charge on any atom is -0.494 e. The van der Waals surface area contributed by atoms with Gasteiger partial charge in [-0.1, -0.05) is 31.2 Å². The third-order valence-electron chi connectivity index (χ3n) is 5.75. The van der Waals surface area contributed by atoms with Crippen LogP contribution in [0.5, 0.6) is 5.75 Å². The van der Waals surface area contributed by atoms with E-state index in [1.165, 1.54) is 16.6 Å². The van der Waals surface area contributed by atoms with Crippen molar-refractivity contribution in [3.8, 4) is 11.4 Å². The average molecular weight is 522 g/mol. The quantitative estimate of drug-likeness (QED) is 0.202. The first kappa shape index (κ1) is 26.0. The van der Waals surface area contributed by atoms with Crippen LogP contribution in [0, 0.1) is 20.8 Å². The maximum absolute atomic E-state index is 13.8. The number of anilines is 1. The first-order chi connectivity index (χ1) is 17.3. The Balaban J connectivity index is 1.71. The van der Waals surface area contributed by atoms with Crippen molar-refractivity contribution >= 4 is 44.9 Å². The van der Waals surface area contributed by atoms with Gasteiger partial charge in [0.1, 0.15) is 10.6 Å². The van der Waals surface area contributed by atoms with Gasteiger partial charge in [-0.2, -0.15) is 0 Å². The number of thioether (sulfide) groups is 1. The number of amides is 1. The number of aryl methyl sites for hydroxylation is 4. The van der Waals surface area contributed by atoms with Gasteiger partial charge in [0.15, 0.2) is 5.16 Å². The van der Waals surface area contributed by atoms with E-state index >= 15 is 0 Å². The van der Waals surface area contributed by atoms with E-state index in [4.69, 9.17) is 9.72 Å². The number of ether oxygens (including phenoxy) is 1. The molecule has 0 spiro atoms. The highest BCUT2D eigenvalue weighted by Crippen LogP contribution is 2.31. The first-order valence-corrected chi connectivity index (χ1v) is 13.9. The van der Waals surface area contributed by atoms with Crippen LogP contribution in [0.15, 0.2) is 52.4 Å². The Kier molecular flexibility index (Phi) is 8.16. The predicted octanol–water partition coefficient (Wildman–Crippen LogP) is 6.45. The number of hydrogen-bond acceptors (Lipinski definition) is 6. The summed E-state index contributed by atoms with van der Waals surface area (Å²) in [7, 11) is 0. The lowest BCUT2D eigenvalue weighted by Gasteiger charge is -2.13. The molecule has 2 aromatic heterocycles. The molecule has 6 nitrogen and oxygen atoms in total. The lowest BCUT2D eigenvalue weighted by molar-refractivity contribution is -0.113. The van der Waals surface area contributed by atoms with Gasteiger partial charge in [-0.3, -0.25) is 14.2 Å². The molecule has 2 aromatic carbocycles. The highest BCUT2D eigenvalue weighted by molar-refractivity contribution is 7.99. The predicted molar refractivity (Wildman–Crippen MR) is 150 cm³/mol. The molecular formula is C28H31N3O3S2. The Morgan fingerprint density at radius 3 is 2.42 bits per heavy atom. The number of hydrogen-bond donors (Lipinski definition) is 1. The topological polar surface area (TPSA) is 73.2 Å². The van der Waals surface area contributed by atoms with E-state index in [-0.39, 0.29) is 17.2 Å². The fourth-order valence-corrected chi connectivity index (χ4v) is 6.37. The number of carbonyl (C=O) groups excluding carboxylic acids is 1. The summed E-state index contributed by atoms with van der Waals surface area (Å²) in [5.74, 6) is 0.725. The molecule has 8 heteroatoms. The minimum atomic E-state index is -0.147. The Bertz CT molecular complexity index is 1440. The van der Waals surface area contributed by atoms with Crippen LogP contribution in [0.3, 0.4) is 0 Å². The molecule has 0 saturated heterocycles. The van der Waals surface area contributed by atoms with Crippen LogP contribution in [0.2, 0.25) is 0 Å². The Labute approximate surface area is 219 Å². The maximum Gasteiger partial charge on any atom is 0.267 e. The Morgan fingerprint density at radius 1 is 1.08 bits per heavy atom. The molecule has 1 amide bonds. The number of aromatic nitrogens is 2. The highest BCUT2D eigenvalue weighted by Gasteiger charge is 2.20. The molecule has 0 aliphatic carbocycles. The van der Waals surface area contributed by atoms with Gasteiger partial charge in [0.05, 0.1) is 23.4 Å². The van der Waals surface area contributed by atoms with Crippen molar-refractivity contribution in [3.63, 3.8) is 0 Å². The van der Waals surface area contributed by atoms with Crippen molar-refractivity contribution in [2.45, 2.75) is 52.6 Å². The second kappa shape index (κ2) is 11.3. The van der Waals surface area contributed by atoms with Crippen molar-refractivity contribution in [3.05, 3.63) is 74.4 Å². The standard InChI is InChI=1S/C28H31N3O3S2/c1-6-8-23-19(5)25-26(36-23)30-28(31(27(25)33)21-9-11-22(12-10-21)34-7-2)35-16-24(32)29-20-14-17(3)13-18(4)15-20/h9-15H,6-8,16H2,1-5H3,(H,29,32). The van der Waals surface area contributed by atoms with Crippen LogP contribution in [0.1, 0.15) is 41.8 Å². The van der Waals surface area contributed by atoms with E-state index < -0.39 is 0 Å². The number of thiophene rings is 1. The molecular weight excluding hydrogens is 490 g/mol. The maximum atomic E-state index is 13.8. The zero-order valence-corrected chi connectivity index (χ0v) is 22.9. The molecule has 0 radical (unpaired) electrons. The molecule has 0 unspecified atom stereocenters. The number of benzene rings is 2. The molecule has 0 aliphatic rings. The molecule has 1 N–H and O–H groups in total. The normalized spacial score (nSPS) is 11.1.